The van der Waals surface area contributed by atoms with Crippen LogP contribution in [0.15, 0.2) is 48.5 Å². The van der Waals surface area contributed by atoms with Gasteiger partial charge < -0.3 is 30.5 Å². The van der Waals surface area contributed by atoms with Crippen molar-refractivity contribution in [1.29, 1.82) is 0 Å². The van der Waals surface area contributed by atoms with Crippen LogP contribution in [0.1, 0.15) is 17.2 Å². The lowest BCUT2D eigenvalue weighted by Crippen LogP contribution is -2.35. The highest BCUT2D eigenvalue weighted by Crippen LogP contribution is 2.28. The summed E-state index contributed by atoms with van der Waals surface area (Å²) in [6, 6.07) is 12.8. The van der Waals surface area contributed by atoms with Gasteiger partial charge in [-0.25, -0.2) is 4.79 Å². The summed E-state index contributed by atoms with van der Waals surface area (Å²) in [6.07, 6.45) is -3.37. The largest absolute Gasteiger partial charge is 0.504 e. The molecule has 2 unspecified atom stereocenters. The number of carbonyl (C=O) groups is 1. The number of hydrogen-bond acceptors (Lipinski definition) is 6. The van der Waals surface area contributed by atoms with Gasteiger partial charge in [0.05, 0.1) is 0 Å². The van der Waals surface area contributed by atoms with Gasteiger partial charge in [-0.3, -0.25) is 0 Å². The summed E-state index contributed by atoms with van der Waals surface area (Å²) in [4.78, 5) is 11.6. The average molecular weight is 333 g/mol. The second kappa shape index (κ2) is 8.19. The molecule has 0 aliphatic heterocycles. The molecule has 0 aliphatic carbocycles. The van der Waals surface area contributed by atoms with E-state index in [0.29, 0.717) is 0 Å². The van der Waals surface area contributed by atoms with Gasteiger partial charge in [0.25, 0.3) is 0 Å². The number of aliphatic hydroxyl groups is 2. The fourth-order valence-corrected chi connectivity index (χ4v) is 2.02. The van der Waals surface area contributed by atoms with Gasteiger partial charge in [-0.15, -0.1) is 0 Å². The predicted octanol–water partition coefficient (Wildman–Crippen LogP) is 1.42. The third-order valence-corrected chi connectivity index (χ3v) is 3.37. The first-order valence-corrected chi connectivity index (χ1v) is 7.30. The van der Waals surface area contributed by atoms with Crippen LogP contribution in [0.25, 0.3) is 0 Å². The minimum Gasteiger partial charge on any atom is -0.504 e. The maximum atomic E-state index is 11.6. The minimum absolute atomic E-state index is 0.0944. The molecule has 2 rings (SSSR count). The Kier molecular flexibility index (Phi) is 6.00. The predicted molar refractivity (Wildman–Crippen MR) is 85.4 cm³/mol. The summed E-state index contributed by atoms with van der Waals surface area (Å²) in [6.45, 7) is -0.145. The first-order valence-electron chi connectivity index (χ1n) is 7.30. The van der Waals surface area contributed by atoms with Crippen molar-refractivity contribution in [2.75, 3.05) is 6.54 Å². The Morgan fingerprint density at radius 1 is 1.04 bits per heavy atom. The highest BCUT2D eigenvalue weighted by atomic mass is 16.5. The van der Waals surface area contributed by atoms with Gasteiger partial charge in [0.1, 0.15) is 18.8 Å². The normalized spacial score (nSPS) is 13.1. The zero-order valence-corrected chi connectivity index (χ0v) is 12.8. The molecule has 0 aliphatic rings. The highest BCUT2D eigenvalue weighted by molar-refractivity contribution is 5.67. The van der Waals surface area contributed by atoms with E-state index in [-0.39, 0.29) is 24.5 Å². The summed E-state index contributed by atoms with van der Waals surface area (Å²) in [5, 5.41) is 40.9. The number of phenols is 2. The van der Waals surface area contributed by atoms with E-state index in [0.717, 1.165) is 11.6 Å². The van der Waals surface area contributed by atoms with Crippen LogP contribution >= 0.6 is 0 Å². The molecule has 0 saturated heterocycles. The first-order chi connectivity index (χ1) is 11.5. The van der Waals surface area contributed by atoms with Crippen LogP contribution < -0.4 is 5.32 Å². The molecule has 0 heterocycles. The number of rotatable bonds is 6. The Labute approximate surface area is 138 Å². The molecule has 0 radical (unpaired) electrons. The van der Waals surface area contributed by atoms with Crippen LogP contribution in [0, 0.1) is 0 Å². The minimum atomic E-state index is -1.34. The van der Waals surface area contributed by atoms with Crippen LogP contribution in [0.5, 0.6) is 11.5 Å². The summed E-state index contributed by atoms with van der Waals surface area (Å²) in [7, 11) is 0. The Balaban J connectivity index is 1.80. The second-order valence-corrected chi connectivity index (χ2v) is 5.20. The van der Waals surface area contributed by atoms with Crippen molar-refractivity contribution >= 4 is 6.09 Å². The number of phenolic OH excluding ortho intramolecular Hbond substituents is 2. The zero-order valence-electron chi connectivity index (χ0n) is 12.8. The van der Waals surface area contributed by atoms with E-state index in [2.05, 4.69) is 5.32 Å². The van der Waals surface area contributed by atoms with E-state index >= 15 is 0 Å². The van der Waals surface area contributed by atoms with Gasteiger partial charge >= 0.3 is 6.09 Å². The average Bonchev–Trinajstić information content (AvgIpc) is 2.60. The lowest BCUT2D eigenvalue weighted by atomic mass is 10.0. The van der Waals surface area contributed by atoms with Gasteiger partial charge in [-0.05, 0) is 23.3 Å². The lowest BCUT2D eigenvalue weighted by Gasteiger charge is -2.19. The second-order valence-electron chi connectivity index (χ2n) is 5.20. The van der Waals surface area contributed by atoms with Gasteiger partial charge in [0.2, 0.25) is 0 Å². The van der Waals surface area contributed by atoms with Crippen LogP contribution in [0.3, 0.4) is 0 Å². The molecule has 5 N–H and O–H groups in total. The molecule has 0 fully saturated rings. The monoisotopic (exact) mass is 333 g/mol. The smallest absolute Gasteiger partial charge is 0.407 e. The Bertz CT molecular complexity index is 676. The number of aliphatic hydroxyl groups excluding tert-OH is 2. The molecule has 2 aromatic carbocycles. The van der Waals surface area contributed by atoms with Gasteiger partial charge in [0.15, 0.2) is 11.5 Å². The topological polar surface area (TPSA) is 119 Å². The van der Waals surface area contributed by atoms with Crippen molar-refractivity contribution in [2.24, 2.45) is 0 Å². The molecular formula is C17H19NO6. The number of amides is 1. The van der Waals surface area contributed by atoms with Crippen molar-refractivity contribution in [1.82, 2.24) is 5.32 Å². The molecule has 2 aromatic rings. The van der Waals surface area contributed by atoms with Gasteiger partial charge in [0, 0.05) is 6.54 Å². The molecule has 0 spiro atoms. The van der Waals surface area contributed by atoms with E-state index in [4.69, 9.17) is 4.74 Å². The van der Waals surface area contributed by atoms with Crippen LogP contribution in [0.4, 0.5) is 4.79 Å². The number of ether oxygens (including phenoxy) is 1. The fourth-order valence-electron chi connectivity index (χ4n) is 2.02. The Hall–Kier alpha value is -2.77. The molecule has 0 saturated carbocycles. The number of hydrogen-bond donors (Lipinski definition) is 5. The molecule has 7 nitrogen and oxygen atoms in total. The van der Waals surface area contributed by atoms with Crippen LogP contribution in [-0.2, 0) is 11.3 Å². The molecular weight excluding hydrogens is 314 g/mol. The summed E-state index contributed by atoms with van der Waals surface area (Å²) < 4.78 is 4.98. The number of carbonyl (C=O) groups excluding carboxylic acids is 1. The standard InChI is InChI=1S/C17H19NO6/c19-13-7-6-12(8-14(13)20)16(22)15(21)9-18-17(23)24-10-11-4-2-1-3-5-11/h1-8,15-16,19-22H,9-10H2,(H,18,23). The number of alkyl carbamates (subject to hydrolysis) is 1. The maximum absolute atomic E-state index is 11.6. The Morgan fingerprint density at radius 3 is 2.42 bits per heavy atom. The molecule has 7 heteroatoms. The van der Waals surface area contributed by atoms with E-state index in [1.807, 2.05) is 30.3 Å². The molecule has 2 atom stereocenters. The molecule has 0 aromatic heterocycles. The summed E-state index contributed by atoms with van der Waals surface area (Å²) in [5.41, 5.74) is 1.03. The number of aromatic hydroxyl groups is 2. The first kappa shape index (κ1) is 17.6. The van der Waals surface area contributed by atoms with E-state index in [1.54, 1.807) is 0 Å². The van der Waals surface area contributed by atoms with Crippen molar-refractivity contribution < 1.29 is 30.0 Å². The number of nitrogens with one attached hydrogen (secondary N) is 1. The quantitative estimate of drug-likeness (QED) is 0.510. The van der Waals surface area contributed by atoms with Crippen molar-refractivity contribution in [2.45, 2.75) is 18.8 Å². The lowest BCUT2D eigenvalue weighted by molar-refractivity contribution is 0.0183. The summed E-state index contributed by atoms with van der Waals surface area (Å²) >= 11 is 0. The van der Waals surface area contributed by atoms with Crippen molar-refractivity contribution in [3.05, 3.63) is 59.7 Å². The van der Waals surface area contributed by atoms with E-state index in [1.165, 1.54) is 12.1 Å². The van der Waals surface area contributed by atoms with Crippen molar-refractivity contribution in [3.8, 4) is 11.5 Å². The molecule has 128 valence electrons. The molecule has 24 heavy (non-hydrogen) atoms. The van der Waals surface area contributed by atoms with Gasteiger partial charge in [-0.1, -0.05) is 36.4 Å². The molecule has 1 amide bonds. The van der Waals surface area contributed by atoms with Crippen molar-refractivity contribution in [3.63, 3.8) is 0 Å². The summed E-state index contributed by atoms with van der Waals surface area (Å²) in [5.74, 6) is -0.739. The van der Waals surface area contributed by atoms with E-state index in [9.17, 15) is 25.2 Å². The molecule has 0 bridgehead atoms. The third kappa shape index (κ3) is 4.87. The SMILES string of the molecule is O=C(NCC(O)C(O)c1ccc(O)c(O)c1)OCc1ccccc1. The maximum Gasteiger partial charge on any atom is 0.407 e. The fraction of sp³-hybridized carbons (Fsp3) is 0.235. The highest BCUT2D eigenvalue weighted by Gasteiger charge is 2.20. The third-order valence-electron chi connectivity index (χ3n) is 3.37. The number of benzene rings is 2. The Morgan fingerprint density at radius 2 is 1.75 bits per heavy atom. The van der Waals surface area contributed by atoms with Crippen LogP contribution in [-0.4, -0.2) is 39.2 Å². The van der Waals surface area contributed by atoms with Crippen LogP contribution in [0.2, 0.25) is 0 Å². The zero-order chi connectivity index (χ0) is 17.5. The van der Waals surface area contributed by atoms with Gasteiger partial charge in [-0.2, -0.15) is 0 Å². The van der Waals surface area contributed by atoms with E-state index < -0.39 is 24.1 Å².